The zero-order valence-corrected chi connectivity index (χ0v) is 14.9. The van der Waals surface area contributed by atoms with Crippen LogP contribution < -0.4 is 0 Å². The number of rotatable bonds is 4. The fourth-order valence-corrected chi connectivity index (χ4v) is 3.79. The van der Waals surface area contributed by atoms with Gasteiger partial charge in [-0.15, -0.1) is 0 Å². The molecular weight excluding hydrogens is 369 g/mol. The van der Waals surface area contributed by atoms with Crippen molar-refractivity contribution in [3.63, 3.8) is 0 Å². The Bertz CT molecular complexity index is 1080. The molecule has 1 spiro atoms. The van der Waals surface area contributed by atoms with Gasteiger partial charge in [0.25, 0.3) is 6.43 Å². The van der Waals surface area contributed by atoms with Crippen molar-refractivity contribution in [2.75, 3.05) is 13.1 Å². The molecule has 2 aromatic heterocycles. The second-order valence-electron chi connectivity index (χ2n) is 7.72. The number of likely N-dealkylation sites (tertiary alicyclic amines) is 1. The number of amides is 1. The summed E-state index contributed by atoms with van der Waals surface area (Å²) in [6.07, 6.45) is 2.61. The Morgan fingerprint density at radius 1 is 1.14 bits per heavy atom. The van der Waals surface area contributed by atoms with Crippen molar-refractivity contribution in [1.29, 1.82) is 0 Å². The third-order valence-corrected chi connectivity index (χ3v) is 5.71. The van der Waals surface area contributed by atoms with Crippen molar-refractivity contribution in [3.8, 4) is 11.1 Å². The molecule has 0 unspecified atom stereocenters. The highest BCUT2D eigenvalue weighted by Gasteiger charge is 2.53. The van der Waals surface area contributed by atoms with Gasteiger partial charge in [0.05, 0.1) is 17.3 Å². The maximum absolute atomic E-state index is 13.6. The highest BCUT2D eigenvalue weighted by Crippen LogP contribution is 2.52. The third-order valence-electron chi connectivity index (χ3n) is 5.71. The summed E-state index contributed by atoms with van der Waals surface area (Å²) in [5.74, 6) is -0.930. The minimum Gasteiger partial charge on any atom is -0.340 e. The fourth-order valence-electron chi connectivity index (χ4n) is 3.79. The van der Waals surface area contributed by atoms with Crippen molar-refractivity contribution in [2.45, 2.75) is 25.8 Å². The van der Waals surface area contributed by atoms with E-state index < -0.39 is 17.8 Å². The molecule has 1 saturated carbocycles. The number of benzene rings is 1. The van der Waals surface area contributed by atoms with Crippen molar-refractivity contribution < 1.29 is 18.0 Å². The monoisotopic (exact) mass is 386 g/mol. The second-order valence-corrected chi connectivity index (χ2v) is 7.72. The molecule has 1 saturated heterocycles. The number of pyridine rings is 1. The summed E-state index contributed by atoms with van der Waals surface area (Å²) in [6.45, 7) is 1.75. The minimum absolute atomic E-state index is 0.00898. The molecule has 144 valence electrons. The third kappa shape index (κ3) is 2.83. The lowest BCUT2D eigenvalue weighted by Gasteiger charge is -2.40. The van der Waals surface area contributed by atoms with E-state index in [1.54, 1.807) is 16.9 Å². The fraction of sp³-hybridized carbons (Fsp3) is 0.350. The van der Waals surface area contributed by atoms with Crippen molar-refractivity contribution >= 4 is 16.9 Å². The van der Waals surface area contributed by atoms with Crippen LogP contribution in [0.1, 0.15) is 24.8 Å². The van der Waals surface area contributed by atoms with E-state index in [0.717, 1.165) is 25.2 Å². The Balaban J connectivity index is 1.43. The maximum atomic E-state index is 13.6. The van der Waals surface area contributed by atoms with Crippen LogP contribution in [0.5, 0.6) is 0 Å². The van der Waals surface area contributed by atoms with Crippen molar-refractivity contribution in [2.24, 2.45) is 5.41 Å². The summed E-state index contributed by atoms with van der Waals surface area (Å²) >= 11 is 0. The van der Waals surface area contributed by atoms with Crippen LogP contribution in [-0.2, 0) is 11.3 Å². The van der Waals surface area contributed by atoms with Gasteiger partial charge in [0.1, 0.15) is 17.9 Å². The van der Waals surface area contributed by atoms with Crippen molar-refractivity contribution in [1.82, 2.24) is 19.7 Å². The van der Waals surface area contributed by atoms with Crippen LogP contribution in [0.25, 0.3) is 22.2 Å². The zero-order chi connectivity index (χ0) is 19.5. The van der Waals surface area contributed by atoms with Crippen LogP contribution in [0.3, 0.4) is 0 Å². The molecule has 2 fully saturated rings. The van der Waals surface area contributed by atoms with Gasteiger partial charge in [-0.2, -0.15) is 5.10 Å². The first-order valence-corrected chi connectivity index (χ1v) is 9.11. The van der Waals surface area contributed by atoms with Gasteiger partial charge in [-0.25, -0.2) is 13.2 Å². The Hall–Kier alpha value is -2.90. The lowest BCUT2D eigenvalue weighted by Crippen LogP contribution is -2.52. The van der Waals surface area contributed by atoms with Gasteiger partial charge < -0.3 is 4.90 Å². The molecule has 1 amide bonds. The number of carbonyl (C=O) groups is 1. The van der Waals surface area contributed by atoms with Crippen LogP contribution in [0.15, 0.2) is 36.7 Å². The lowest BCUT2D eigenvalue weighted by molar-refractivity contribution is -0.139. The molecule has 0 N–H and O–H groups in total. The zero-order valence-electron chi connectivity index (χ0n) is 14.9. The van der Waals surface area contributed by atoms with Gasteiger partial charge in [0.2, 0.25) is 5.91 Å². The van der Waals surface area contributed by atoms with E-state index in [-0.39, 0.29) is 12.5 Å². The Morgan fingerprint density at radius 3 is 2.64 bits per heavy atom. The van der Waals surface area contributed by atoms with E-state index in [1.807, 2.05) is 4.90 Å². The SMILES string of the molecule is O=C(Cn1ncc2ncc(-c3ccc(F)c(C(F)F)c3)cc21)N1CC2(CC2)C1. The van der Waals surface area contributed by atoms with Gasteiger partial charge >= 0.3 is 0 Å². The number of halogens is 3. The minimum atomic E-state index is -2.90. The molecule has 2 aliphatic rings. The quantitative estimate of drug-likeness (QED) is 0.685. The Kier molecular flexibility index (Phi) is 3.72. The molecule has 3 heterocycles. The maximum Gasteiger partial charge on any atom is 0.266 e. The van der Waals surface area contributed by atoms with E-state index in [0.29, 0.717) is 27.6 Å². The summed E-state index contributed by atoms with van der Waals surface area (Å²) in [4.78, 5) is 18.6. The van der Waals surface area contributed by atoms with E-state index in [1.165, 1.54) is 25.1 Å². The number of nitrogens with zero attached hydrogens (tertiary/aromatic N) is 4. The molecule has 0 atom stereocenters. The standard InChI is InChI=1S/C20H17F3N4O/c21-15-2-1-12(5-14(15)19(22)23)13-6-17-16(24-7-13)8-25-27(17)9-18(28)26-10-20(11-26)3-4-20/h1-2,5-8,19H,3-4,9-11H2. The smallest absolute Gasteiger partial charge is 0.266 e. The topological polar surface area (TPSA) is 51.0 Å². The average Bonchev–Trinajstić information content (AvgIpc) is 3.37. The molecule has 0 bridgehead atoms. The van der Waals surface area contributed by atoms with Crippen molar-refractivity contribution in [3.05, 3.63) is 48.0 Å². The number of carbonyl (C=O) groups excluding carboxylic acids is 1. The largest absolute Gasteiger partial charge is 0.340 e. The number of hydrogen-bond acceptors (Lipinski definition) is 3. The van der Waals surface area contributed by atoms with Gasteiger partial charge in [-0.3, -0.25) is 14.5 Å². The van der Waals surface area contributed by atoms with Crippen LogP contribution in [0.4, 0.5) is 13.2 Å². The number of hydrogen-bond donors (Lipinski definition) is 0. The first-order valence-electron chi connectivity index (χ1n) is 9.11. The summed E-state index contributed by atoms with van der Waals surface area (Å²) in [6, 6.07) is 5.33. The summed E-state index contributed by atoms with van der Waals surface area (Å²) in [5.41, 5.74) is 1.98. The van der Waals surface area contributed by atoms with Crippen LogP contribution >= 0.6 is 0 Å². The molecule has 8 heteroatoms. The Morgan fingerprint density at radius 2 is 1.93 bits per heavy atom. The molecule has 28 heavy (non-hydrogen) atoms. The predicted octanol–water partition coefficient (Wildman–Crippen LogP) is 3.80. The van der Waals surface area contributed by atoms with Gasteiger partial charge in [-0.05, 0) is 36.6 Å². The normalized spacial score (nSPS) is 17.4. The number of alkyl halides is 2. The lowest BCUT2D eigenvalue weighted by atomic mass is 9.97. The van der Waals surface area contributed by atoms with E-state index in [4.69, 9.17) is 0 Å². The highest BCUT2D eigenvalue weighted by molar-refractivity contribution is 5.83. The molecule has 5 rings (SSSR count). The van der Waals surface area contributed by atoms with Gasteiger partial charge in [0.15, 0.2) is 0 Å². The first-order chi connectivity index (χ1) is 13.4. The van der Waals surface area contributed by atoms with Gasteiger partial charge in [0, 0.05) is 30.3 Å². The predicted molar refractivity (Wildman–Crippen MR) is 96.1 cm³/mol. The van der Waals surface area contributed by atoms with E-state index in [2.05, 4.69) is 10.1 Å². The summed E-state index contributed by atoms with van der Waals surface area (Å²) in [7, 11) is 0. The van der Waals surface area contributed by atoms with Crippen LogP contribution in [-0.4, -0.2) is 38.7 Å². The molecule has 1 aromatic carbocycles. The number of aromatic nitrogens is 3. The Labute approximate surface area is 158 Å². The number of fused-ring (bicyclic) bond motifs is 1. The second kappa shape index (κ2) is 6.05. The van der Waals surface area contributed by atoms with Crippen LogP contribution in [0.2, 0.25) is 0 Å². The summed E-state index contributed by atoms with van der Waals surface area (Å²) < 4.78 is 41.1. The first kappa shape index (κ1) is 17.2. The molecule has 1 aliphatic heterocycles. The molecule has 5 nitrogen and oxygen atoms in total. The van der Waals surface area contributed by atoms with Gasteiger partial charge in [-0.1, -0.05) is 6.07 Å². The molecular formula is C20H17F3N4O. The molecule has 0 radical (unpaired) electrons. The van der Waals surface area contributed by atoms with E-state index >= 15 is 0 Å². The average molecular weight is 386 g/mol. The highest BCUT2D eigenvalue weighted by atomic mass is 19.3. The molecule has 1 aliphatic carbocycles. The molecule has 3 aromatic rings. The van der Waals surface area contributed by atoms with E-state index in [9.17, 15) is 18.0 Å². The summed E-state index contributed by atoms with van der Waals surface area (Å²) in [5, 5.41) is 4.25. The van der Waals surface area contributed by atoms with Crippen LogP contribution in [0, 0.1) is 11.2 Å².